The van der Waals surface area contributed by atoms with Crippen molar-refractivity contribution >= 4 is 40.2 Å². The van der Waals surface area contributed by atoms with Gasteiger partial charge in [-0.2, -0.15) is 10.1 Å². The number of hydrogen-bond acceptors (Lipinski definition) is 4. The molecule has 0 unspecified atom stereocenters. The van der Waals surface area contributed by atoms with Gasteiger partial charge in [-0.3, -0.25) is 14.5 Å². The van der Waals surface area contributed by atoms with Gasteiger partial charge in [0.1, 0.15) is 5.39 Å². The summed E-state index contributed by atoms with van der Waals surface area (Å²) in [7, 11) is 3.56. The van der Waals surface area contributed by atoms with Crippen LogP contribution in [-0.2, 0) is 13.6 Å². The second-order valence-corrected chi connectivity index (χ2v) is 5.75. The van der Waals surface area contributed by atoms with Crippen molar-refractivity contribution in [2.75, 3.05) is 11.9 Å². The molecule has 0 radical (unpaired) electrons. The molecule has 3 aromatic rings. The summed E-state index contributed by atoms with van der Waals surface area (Å²) in [4.78, 5) is 21.1. The standard InChI is InChI=1S/C14H13Cl2N5O/c1-20(7-8-4-3-5-10(15)11(8)16)14-18-12-9(13(22)19-14)6-17-21(12)2/h3-6H,7H2,1-2H3,(H,18,19,22). The Morgan fingerprint density at radius 2 is 2.14 bits per heavy atom. The van der Waals surface area contributed by atoms with E-state index in [-0.39, 0.29) is 5.56 Å². The van der Waals surface area contributed by atoms with Gasteiger partial charge in [0.25, 0.3) is 5.56 Å². The highest BCUT2D eigenvalue weighted by molar-refractivity contribution is 6.42. The number of halogens is 2. The third-order valence-electron chi connectivity index (χ3n) is 3.39. The lowest BCUT2D eigenvalue weighted by atomic mass is 10.2. The van der Waals surface area contributed by atoms with Crippen molar-refractivity contribution in [3.63, 3.8) is 0 Å². The molecule has 0 aliphatic heterocycles. The van der Waals surface area contributed by atoms with Crippen LogP contribution in [0.1, 0.15) is 5.56 Å². The molecule has 1 N–H and O–H groups in total. The number of rotatable bonds is 3. The fraction of sp³-hybridized carbons (Fsp3) is 0.214. The molecule has 0 atom stereocenters. The highest BCUT2D eigenvalue weighted by Gasteiger charge is 2.13. The molecule has 2 aromatic heterocycles. The Balaban J connectivity index is 1.98. The van der Waals surface area contributed by atoms with E-state index in [0.29, 0.717) is 33.6 Å². The molecule has 3 rings (SSSR count). The molecule has 22 heavy (non-hydrogen) atoms. The molecule has 0 fully saturated rings. The van der Waals surface area contributed by atoms with Gasteiger partial charge < -0.3 is 4.90 Å². The maximum absolute atomic E-state index is 12.1. The molecule has 1 aromatic carbocycles. The fourth-order valence-corrected chi connectivity index (χ4v) is 2.58. The van der Waals surface area contributed by atoms with Crippen LogP contribution >= 0.6 is 23.2 Å². The minimum atomic E-state index is -0.225. The van der Waals surface area contributed by atoms with Gasteiger partial charge in [-0.1, -0.05) is 35.3 Å². The van der Waals surface area contributed by atoms with Crippen LogP contribution in [0.5, 0.6) is 0 Å². The smallest absolute Gasteiger partial charge is 0.263 e. The van der Waals surface area contributed by atoms with Crippen molar-refractivity contribution in [3.05, 3.63) is 50.4 Å². The van der Waals surface area contributed by atoms with Gasteiger partial charge in [0, 0.05) is 20.6 Å². The molecule has 6 nitrogen and oxygen atoms in total. The Bertz CT molecular complexity index is 902. The number of aryl methyl sites for hydroxylation is 1. The predicted octanol–water partition coefficient (Wildman–Crippen LogP) is 2.60. The normalized spacial score (nSPS) is 11.1. The van der Waals surface area contributed by atoms with Crippen molar-refractivity contribution in [2.45, 2.75) is 6.54 Å². The molecule has 2 heterocycles. The number of benzene rings is 1. The highest BCUT2D eigenvalue weighted by Crippen LogP contribution is 2.26. The van der Waals surface area contributed by atoms with Crippen molar-refractivity contribution in [1.29, 1.82) is 0 Å². The Kier molecular flexibility index (Phi) is 3.80. The Hall–Kier alpha value is -2.05. The summed E-state index contributed by atoms with van der Waals surface area (Å²) >= 11 is 12.2. The van der Waals surface area contributed by atoms with Gasteiger partial charge in [0.15, 0.2) is 5.65 Å². The third-order valence-corrected chi connectivity index (χ3v) is 4.25. The van der Waals surface area contributed by atoms with Gasteiger partial charge in [0.2, 0.25) is 5.95 Å². The molecule has 0 amide bonds. The Labute approximate surface area is 136 Å². The zero-order chi connectivity index (χ0) is 15.9. The van der Waals surface area contributed by atoms with Crippen LogP contribution in [0.15, 0.2) is 29.2 Å². The van der Waals surface area contributed by atoms with Gasteiger partial charge in [-0.15, -0.1) is 0 Å². The number of hydrogen-bond donors (Lipinski definition) is 1. The first-order valence-electron chi connectivity index (χ1n) is 6.53. The van der Waals surface area contributed by atoms with Crippen molar-refractivity contribution in [3.8, 4) is 0 Å². The van der Waals surface area contributed by atoms with E-state index in [4.69, 9.17) is 23.2 Å². The summed E-state index contributed by atoms with van der Waals surface area (Å²) in [6.45, 7) is 0.464. The zero-order valence-corrected chi connectivity index (χ0v) is 13.5. The summed E-state index contributed by atoms with van der Waals surface area (Å²) in [6, 6.07) is 5.44. The van der Waals surface area contributed by atoms with Crippen LogP contribution in [0.25, 0.3) is 11.0 Å². The van der Waals surface area contributed by atoms with E-state index in [1.807, 2.05) is 19.2 Å². The van der Waals surface area contributed by atoms with Gasteiger partial charge in [0.05, 0.1) is 16.2 Å². The van der Waals surface area contributed by atoms with Crippen molar-refractivity contribution in [2.24, 2.45) is 7.05 Å². The minimum absolute atomic E-state index is 0.225. The molecule has 8 heteroatoms. The molecule has 0 saturated carbocycles. The summed E-state index contributed by atoms with van der Waals surface area (Å²) in [5.41, 5.74) is 1.16. The predicted molar refractivity (Wildman–Crippen MR) is 87.7 cm³/mol. The van der Waals surface area contributed by atoms with Gasteiger partial charge in [-0.25, -0.2) is 0 Å². The molecule has 0 bridgehead atoms. The van der Waals surface area contributed by atoms with E-state index in [2.05, 4.69) is 15.1 Å². The SMILES string of the molecule is CN(Cc1cccc(Cl)c1Cl)c1nc2c(cnn2C)c(=O)[nH]1. The average Bonchev–Trinajstić information content (AvgIpc) is 2.86. The number of nitrogens with zero attached hydrogens (tertiary/aromatic N) is 4. The van der Waals surface area contributed by atoms with E-state index in [9.17, 15) is 4.79 Å². The van der Waals surface area contributed by atoms with Crippen LogP contribution in [0.3, 0.4) is 0 Å². The molecule has 114 valence electrons. The van der Waals surface area contributed by atoms with Crippen LogP contribution in [0, 0.1) is 0 Å². The van der Waals surface area contributed by atoms with Gasteiger partial charge in [-0.05, 0) is 11.6 Å². The van der Waals surface area contributed by atoms with Gasteiger partial charge >= 0.3 is 0 Å². The van der Waals surface area contributed by atoms with Crippen LogP contribution < -0.4 is 10.5 Å². The van der Waals surface area contributed by atoms with E-state index < -0.39 is 0 Å². The highest BCUT2D eigenvalue weighted by atomic mass is 35.5. The van der Waals surface area contributed by atoms with Crippen LogP contribution in [-0.4, -0.2) is 26.8 Å². The van der Waals surface area contributed by atoms with Crippen molar-refractivity contribution in [1.82, 2.24) is 19.7 Å². The maximum atomic E-state index is 12.1. The minimum Gasteiger partial charge on any atom is -0.341 e. The first-order valence-corrected chi connectivity index (χ1v) is 7.29. The molecule has 0 aliphatic carbocycles. The number of H-pyrrole nitrogens is 1. The molecule has 0 spiro atoms. The first kappa shape index (κ1) is 14.9. The Morgan fingerprint density at radius 3 is 2.91 bits per heavy atom. The van der Waals surface area contributed by atoms with Crippen molar-refractivity contribution < 1.29 is 0 Å². The lowest BCUT2D eigenvalue weighted by molar-refractivity contribution is 0.780. The van der Waals surface area contributed by atoms with E-state index in [0.717, 1.165) is 5.56 Å². The summed E-state index contributed by atoms with van der Waals surface area (Å²) in [5.74, 6) is 0.442. The maximum Gasteiger partial charge on any atom is 0.263 e. The van der Waals surface area contributed by atoms with E-state index >= 15 is 0 Å². The second-order valence-electron chi connectivity index (χ2n) is 4.96. The monoisotopic (exact) mass is 337 g/mol. The van der Waals surface area contributed by atoms with E-state index in [1.165, 1.54) is 6.20 Å². The number of aromatic nitrogens is 4. The topological polar surface area (TPSA) is 66.8 Å². The van der Waals surface area contributed by atoms with Crippen LogP contribution in [0.4, 0.5) is 5.95 Å². The molecule has 0 saturated heterocycles. The second kappa shape index (κ2) is 5.62. The number of aromatic amines is 1. The lowest BCUT2D eigenvalue weighted by Gasteiger charge is -2.18. The first-order chi connectivity index (χ1) is 10.5. The van der Waals surface area contributed by atoms with E-state index in [1.54, 1.807) is 22.7 Å². The lowest BCUT2D eigenvalue weighted by Crippen LogP contribution is -2.23. The number of anilines is 1. The average molecular weight is 338 g/mol. The molecule has 0 aliphatic rings. The molecular formula is C14H13Cl2N5O. The van der Waals surface area contributed by atoms with Crippen LogP contribution in [0.2, 0.25) is 10.0 Å². The summed E-state index contributed by atoms with van der Waals surface area (Å²) < 4.78 is 1.56. The quantitative estimate of drug-likeness (QED) is 0.797. The molecular weight excluding hydrogens is 325 g/mol. The summed E-state index contributed by atoms with van der Waals surface area (Å²) in [6.07, 6.45) is 1.50. The Morgan fingerprint density at radius 1 is 1.36 bits per heavy atom. The summed E-state index contributed by atoms with van der Waals surface area (Å²) in [5, 5.41) is 5.50. The number of fused-ring (bicyclic) bond motifs is 1. The third kappa shape index (κ3) is 2.55. The number of nitrogens with one attached hydrogen (secondary N) is 1. The zero-order valence-electron chi connectivity index (χ0n) is 12.0. The largest absolute Gasteiger partial charge is 0.341 e. The fourth-order valence-electron chi connectivity index (χ4n) is 2.20.